The second-order valence-electron chi connectivity index (χ2n) is 5.70. The highest BCUT2D eigenvalue weighted by atomic mass is 19.4. The van der Waals surface area contributed by atoms with E-state index >= 15 is 0 Å². The lowest BCUT2D eigenvalue weighted by Crippen LogP contribution is -2.41. The Morgan fingerprint density at radius 1 is 1.16 bits per heavy atom. The van der Waals surface area contributed by atoms with Gasteiger partial charge in [0.2, 0.25) is 0 Å². The molecule has 2 aromatic carbocycles. The van der Waals surface area contributed by atoms with Crippen LogP contribution in [0.1, 0.15) is 16.7 Å². The van der Waals surface area contributed by atoms with E-state index in [9.17, 15) is 23.1 Å². The highest BCUT2D eigenvalue weighted by Crippen LogP contribution is 2.33. The maximum atomic E-state index is 12.9. The number of aryl methyl sites for hydroxylation is 1. The third-order valence-corrected chi connectivity index (χ3v) is 3.68. The number of aliphatic hydroxyl groups is 1. The summed E-state index contributed by atoms with van der Waals surface area (Å²) in [5.41, 5.74) is 0.243. The number of rotatable bonds is 5. The van der Waals surface area contributed by atoms with Gasteiger partial charge < -0.3 is 15.7 Å². The first kappa shape index (κ1) is 18.8. The summed E-state index contributed by atoms with van der Waals surface area (Å²) < 4.78 is 38.7. The van der Waals surface area contributed by atoms with Crippen molar-refractivity contribution in [3.05, 3.63) is 65.2 Å². The molecule has 0 aromatic heterocycles. The van der Waals surface area contributed by atoms with Gasteiger partial charge >= 0.3 is 12.2 Å². The molecule has 4 nitrogen and oxygen atoms in total. The molecule has 0 saturated heterocycles. The third-order valence-electron chi connectivity index (χ3n) is 3.68. The number of urea groups is 1. The smallest absolute Gasteiger partial charge is 0.394 e. The van der Waals surface area contributed by atoms with E-state index in [0.29, 0.717) is 6.42 Å². The van der Waals surface area contributed by atoms with Crippen LogP contribution >= 0.6 is 0 Å². The number of hydrogen-bond acceptors (Lipinski definition) is 2. The number of halogens is 3. The fourth-order valence-electron chi connectivity index (χ4n) is 2.42. The Bertz CT molecular complexity index is 718. The summed E-state index contributed by atoms with van der Waals surface area (Å²) in [6.45, 7) is 1.07. The molecular formula is C18H19F3N2O2. The van der Waals surface area contributed by atoms with Crippen molar-refractivity contribution in [2.24, 2.45) is 0 Å². The Kier molecular flexibility index (Phi) is 6.03. The molecule has 7 heteroatoms. The molecule has 0 heterocycles. The van der Waals surface area contributed by atoms with Crippen molar-refractivity contribution in [1.29, 1.82) is 0 Å². The van der Waals surface area contributed by atoms with Crippen LogP contribution in [0.25, 0.3) is 0 Å². The van der Waals surface area contributed by atoms with E-state index in [1.165, 1.54) is 19.1 Å². The van der Waals surface area contributed by atoms with Crippen molar-refractivity contribution in [3.8, 4) is 0 Å². The largest absolute Gasteiger partial charge is 0.416 e. The Labute approximate surface area is 143 Å². The predicted octanol–water partition coefficient (Wildman–Crippen LogP) is 3.74. The second-order valence-corrected chi connectivity index (χ2v) is 5.70. The van der Waals surface area contributed by atoms with Crippen LogP contribution in [0.2, 0.25) is 0 Å². The molecule has 1 unspecified atom stereocenters. The van der Waals surface area contributed by atoms with Gasteiger partial charge in [-0.05, 0) is 36.6 Å². The summed E-state index contributed by atoms with van der Waals surface area (Å²) in [6.07, 6.45) is -4.08. The van der Waals surface area contributed by atoms with Crippen LogP contribution in [0.5, 0.6) is 0 Å². The Morgan fingerprint density at radius 2 is 1.84 bits per heavy atom. The van der Waals surface area contributed by atoms with Crippen LogP contribution in [-0.4, -0.2) is 23.8 Å². The zero-order valence-electron chi connectivity index (χ0n) is 13.6. The minimum atomic E-state index is -4.49. The molecule has 0 radical (unpaired) electrons. The van der Waals surface area contributed by atoms with Gasteiger partial charge in [-0.1, -0.05) is 36.4 Å². The first-order chi connectivity index (χ1) is 11.8. The van der Waals surface area contributed by atoms with E-state index < -0.39 is 23.8 Å². The Balaban J connectivity index is 2.01. The van der Waals surface area contributed by atoms with Crippen molar-refractivity contribution in [3.63, 3.8) is 0 Å². The van der Waals surface area contributed by atoms with Crippen molar-refractivity contribution in [2.45, 2.75) is 25.6 Å². The number of alkyl halides is 3. The van der Waals surface area contributed by atoms with Crippen LogP contribution < -0.4 is 10.6 Å². The van der Waals surface area contributed by atoms with Crippen LogP contribution in [0, 0.1) is 6.92 Å². The number of carbonyl (C=O) groups is 1. The quantitative estimate of drug-likeness (QED) is 0.768. The number of carbonyl (C=O) groups excluding carboxylic acids is 1. The van der Waals surface area contributed by atoms with E-state index in [1.807, 2.05) is 30.3 Å². The third kappa shape index (κ3) is 5.49. The van der Waals surface area contributed by atoms with Gasteiger partial charge in [0.05, 0.1) is 18.2 Å². The molecule has 2 rings (SSSR count). The average Bonchev–Trinajstić information content (AvgIpc) is 2.56. The molecule has 1 atom stereocenters. The maximum Gasteiger partial charge on any atom is 0.416 e. The van der Waals surface area contributed by atoms with Gasteiger partial charge in [-0.15, -0.1) is 0 Å². The summed E-state index contributed by atoms with van der Waals surface area (Å²) in [5.74, 6) is 0. The first-order valence-corrected chi connectivity index (χ1v) is 7.69. The van der Waals surface area contributed by atoms with Gasteiger partial charge in [-0.3, -0.25) is 0 Å². The minimum absolute atomic E-state index is 0.0341. The van der Waals surface area contributed by atoms with E-state index in [0.717, 1.165) is 11.6 Å². The molecule has 2 amide bonds. The van der Waals surface area contributed by atoms with Crippen molar-refractivity contribution >= 4 is 11.7 Å². The lowest BCUT2D eigenvalue weighted by Gasteiger charge is -2.18. The van der Waals surface area contributed by atoms with Gasteiger partial charge in [0.25, 0.3) is 0 Å². The molecule has 134 valence electrons. The molecule has 0 aliphatic rings. The molecule has 0 spiro atoms. The summed E-state index contributed by atoms with van der Waals surface area (Å²) in [6, 6.07) is 11.6. The molecule has 2 aromatic rings. The number of nitrogens with one attached hydrogen (secondary N) is 2. The molecule has 0 fully saturated rings. The fourth-order valence-corrected chi connectivity index (χ4v) is 2.42. The SMILES string of the molecule is Cc1ccc(NC(=O)NC(CO)Cc2ccccc2)cc1C(F)(F)F. The lowest BCUT2D eigenvalue weighted by molar-refractivity contribution is -0.138. The van der Waals surface area contributed by atoms with Crippen molar-refractivity contribution in [2.75, 3.05) is 11.9 Å². The summed E-state index contributed by atoms with van der Waals surface area (Å²) in [4.78, 5) is 12.0. The highest BCUT2D eigenvalue weighted by molar-refractivity contribution is 5.89. The molecular weight excluding hydrogens is 333 g/mol. The maximum absolute atomic E-state index is 12.9. The normalized spacial score (nSPS) is 12.5. The van der Waals surface area contributed by atoms with Gasteiger partial charge in [-0.25, -0.2) is 4.79 Å². The van der Waals surface area contributed by atoms with E-state index in [-0.39, 0.29) is 17.9 Å². The predicted molar refractivity (Wildman–Crippen MR) is 89.4 cm³/mol. The topological polar surface area (TPSA) is 61.4 Å². The molecule has 0 aliphatic heterocycles. The number of hydrogen-bond donors (Lipinski definition) is 3. The van der Waals surface area contributed by atoms with Gasteiger partial charge in [0, 0.05) is 5.69 Å². The van der Waals surface area contributed by atoms with Gasteiger partial charge in [0.1, 0.15) is 0 Å². The number of benzene rings is 2. The lowest BCUT2D eigenvalue weighted by atomic mass is 10.1. The summed E-state index contributed by atoms with van der Waals surface area (Å²) in [5, 5.41) is 14.3. The number of amides is 2. The summed E-state index contributed by atoms with van der Waals surface area (Å²) >= 11 is 0. The summed E-state index contributed by atoms with van der Waals surface area (Å²) in [7, 11) is 0. The van der Waals surface area contributed by atoms with E-state index in [2.05, 4.69) is 10.6 Å². The zero-order valence-corrected chi connectivity index (χ0v) is 13.6. The number of anilines is 1. The Morgan fingerprint density at radius 3 is 2.44 bits per heavy atom. The molecule has 0 aliphatic carbocycles. The van der Waals surface area contributed by atoms with E-state index in [1.54, 1.807) is 0 Å². The highest BCUT2D eigenvalue weighted by Gasteiger charge is 2.32. The standard InChI is InChI=1S/C18H19F3N2O2/c1-12-7-8-14(10-16(12)18(19,20)21)22-17(25)23-15(11-24)9-13-5-3-2-4-6-13/h2-8,10,15,24H,9,11H2,1H3,(H2,22,23,25). The molecule has 0 saturated carbocycles. The molecule has 3 N–H and O–H groups in total. The van der Waals surface area contributed by atoms with Crippen LogP contribution in [0.15, 0.2) is 48.5 Å². The fraction of sp³-hybridized carbons (Fsp3) is 0.278. The average molecular weight is 352 g/mol. The minimum Gasteiger partial charge on any atom is -0.394 e. The van der Waals surface area contributed by atoms with Gasteiger partial charge in [-0.2, -0.15) is 13.2 Å². The zero-order chi connectivity index (χ0) is 18.4. The van der Waals surface area contributed by atoms with E-state index in [4.69, 9.17) is 0 Å². The van der Waals surface area contributed by atoms with Crippen LogP contribution in [0.3, 0.4) is 0 Å². The monoisotopic (exact) mass is 352 g/mol. The van der Waals surface area contributed by atoms with Gasteiger partial charge in [0.15, 0.2) is 0 Å². The first-order valence-electron chi connectivity index (χ1n) is 7.69. The second kappa shape index (κ2) is 8.02. The Hall–Kier alpha value is -2.54. The van der Waals surface area contributed by atoms with Crippen LogP contribution in [0.4, 0.5) is 23.7 Å². The van der Waals surface area contributed by atoms with Crippen LogP contribution in [-0.2, 0) is 12.6 Å². The molecule has 0 bridgehead atoms. The van der Waals surface area contributed by atoms with Crippen molar-refractivity contribution < 1.29 is 23.1 Å². The van der Waals surface area contributed by atoms with Crippen molar-refractivity contribution in [1.82, 2.24) is 5.32 Å². The number of aliphatic hydroxyl groups excluding tert-OH is 1. The molecule has 25 heavy (non-hydrogen) atoms.